The van der Waals surface area contributed by atoms with Crippen molar-refractivity contribution in [2.24, 2.45) is 0 Å². The zero-order valence-electron chi connectivity index (χ0n) is 8.17. The first-order valence-electron chi connectivity index (χ1n) is 5.08. The molecule has 1 atom stereocenters. The van der Waals surface area contributed by atoms with E-state index in [0.717, 1.165) is 18.7 Å². The van der Waals surface area contributed by atoms with Crippen LogP contribution in [0, 0.1) is 0 Å². The molecular formula is C11H15FN2. The Kier molecular flexibility index (Phi) is 2.77. The van der Waals surface area contributed by atoms with Gasteiger partial charge in [-0.2, -0.15) is 0 Å². The molecule has 1 N–H and O–H groups in total. The van der Waals surface area contributed by atoms with E-state index >= 15 is 0 Å². The maximum absolute atomic E-state index is 14.2. The Morgan fingerprint density at radius 3 is 3.07 bits per heavy atom. The topological polar surface area (TPSA) is 24.9 Å². The van der Waals surface area contributed by atoms with Crippen LogP contribution in [-0.4, -0.2) is 23.7 Å². The summed E-state index contributed by atoms with van der Waals surface area (Å²) in [5, 5.41) is 3.09. The molecule has 1 saturated heterocycles. The third-order valence-electron chi connectivity index (χ3n) is 2.64. The molecule has 0 aromatic carbocycles. The number of rotatable bonds is 2. The number of alkyl halides is 1. The third kappa shape index (κ3) is 2.29. The number of pyridine rings is 1. The van der Waals surface area contributed by atoms with E-state index in [4.69, 9.17) is 0 Å². The lowest BCUT2D eigenvalue weighted by Gasteiger charge is -2.29. The van der Waals surface area contributed by atoms with Gasteiger partial charge in [-0.05, 0) is 31.5 Å². The van der Waals surface area contributed by atoms with Crippen molar-refractivity contribution in [1.29, 1.82) is 0 Å². The quantitative estimate of drug-likeness (QED) is 0.775. The number of hydrogen-bond acceptors (Lipinski definition) is 2. The predicted octanol–water partition coefficient (Wildman–Crippen LogP) is 1.72. The molecule has 2 heterocycles. The number of nitrogens with zero attached hydrogens (tertiary/aromatic N) is 1. The Bertz CT molecular complexity index is 281. The van der Waals surface area contributed by atoms with Crippen molar-refractivity contribution in [2.45, 2.75) is 24.9 Å². The molecule has 1 aromatic rings. The van der Waals surface area contributed by atoms with Crippen molar-refractivity contribution >= 4 is 0 Å². The van der Waals surface area contributed by atoms with Crippen molar-refractivity contribution in [3.63, 3.8) is 0 Å². The fraction of sp³-hybridized carbons (Fsp3) is 0.545. The molecule has 0 saturated carbocycles. The van der Waals surface area contributed by atoms with Gasteiger partial charge >= 0.3 is 0 Å². The minimum absolute atomic E-state index is 0.431. The van der Waals surface area contributed by atoms with Crippen LogP contribution >= 0.6 is 0 Å². The molecule has 0 radical (unpaired) electrons. The van der Waals surface area contributed by atoms with Gasteiger partial charge in [0.15, 0.2) is 0 Å². The highest BCUT2D eigenvalue weighted by Gasteiger charge is 2.32. The van der Waals surface area contributed by atoms with E-state index in [9.17, 15) is 4.39 Å². The van der Waals surface area contributed by atoms with Gasteiger partial charge in [0.2, 0.25) is 0 Å². The molecule has 1 aliphatic rings. The Balaban J connectivity index is 2.02. The van der Waals surface area contributed by atoms with Gasteiger partial charge < -0.3 is 5.32 Å². The van der Waals surface area contributed by atoms with Crippen molar-refractivity contribution < 1.29 is 4.39 Å². The molecule has 3 heteroatoms. The summed E-state index contributed by atoms with van der Waals surface area (Å²) in [7, 11) is 0. The predicted molar refractivity (Wildman–Crippen MR) is 53.9 cm³/mol. The van der Waals surface area contributed by atoms with E-state index in [1.54, 1.807) is 6.20 Å². The second kappa shape index (κ2) is 4.05. The average Bonchev–Trinajstić information content (AvgIpc) is 2.19. The highest BCUT2D eigenvalue weighted by molar-refractivity contribution is 5.08. The summed E-state index contributed by atoms with van der Waals surface area (Å²) in [5.41, 5.74) is -0.245. The summed E-state index contributed by atoms with van der Waals surface area (Å²) >= 11 is 0. The fourth-order valence-corrected chi connectivity index (χ4v) is 1.91. The SMILES string of the molecule is FC1(Cc2ccccn2)CCCNC1. The number of nitrogens with one attached hydrogen (secondary N) is 1. The molecule has 1 aromatic heterocycles. The number of piperidine rings is 1. The van der Waals surface area contributed by atoms with Crippen molar-refractivity contribution in [2.75, 3.05) is 13.1 Å². The van der Waals surface area contributed by atoms with E-state index in [2.05, 4.69) is 10.3 Å². The van der Waals surface area contributed by atoms with Crippen LogP contribution in [-0.2, 0) is 6.42 Å². The van der Waals surface area contributed by atoms with Gasteiger partial charge in [-0.15, -0.1) is 0 Å². The standard InChI is InChI=1S/C11H15FN2/c12-11(5-3-6-13-9-11)8-10-4-1-2-7-14-10/h1-2,4,7,13H,3,5-6,8-9H2. The molecule has 0 spiro atoms. The smallest absolute Gasteiger partial charge is 0.129 e. The summed E-state index contributed by atoms with van der Waals surface area (Å²) in [6, 6.07) is 5.64. The molecule has 1 unspecified atom stereocenters. The first-order chi connectivity index (χ1) is 6.79. The molecule has 1 aliphatic heterocycles. The summed E-state index contributed by atoms with van der Waals surface area (Å²) in [6.45, 7) is 1.40. The van der Waals surface area contributed by atoms with Gasteiger partial charge in [0.1, 0.15) is 5.67 Å². The van der Waals surface area contributed by atoms with Crippen LogP contribution in [0.4, 0.5) is 4.39 Å². The molecule has 2 rings (SSSR count). The monoisotopic (exact) mass is 194 g/mol. The number of aromatic nitrogens is 1. The Morgan fingerprint density at radius 1 is 1.50 bits per heavy atom. The minimum Gasteiger partial charge on any atom is -0.314 e. The summed E-state index contributed by atoms with van der Waals surface area (Å²) in [6.07, 6.45) is 3.72. The van der Waals surface area contributed by atoms with Crippen LogP contribution in [0.1, 0.15) is 18.5 Å². The van der Waals surface area contributed by atoms with E-state index in [1.165, 1.54) is 0 Å². The van der Waals surface area contributed by atoms with E-state index < -0.39 is 5.67 Å². The van der Waals surface area contributed by atoms with E-state index in [1.807, 2.05) is 18.2 Å². The van der Waals surface area contributed by atoms with Gasteiger partial charge in [0.25, 0.3) is 0 Å². The molecule has 14 heavy (non-hydrogen) atoms. The maximum atomic E-state index is 14.2. The largest absolute Gasteiger partial charge is 0.314 e. The molecule has 0 aliphatic carbocycles. The number of hydrogen-bond donors (Lipinski definition) is 1. The van der Waals surface area contributed by atoms with E-state index in [-0.39, 0.29) is 0 Å². The average molecular weight is 194 g/mol. The summed E-state index contributed by atoms with van der Waals surface area (Å²) in [5.74, 6) is 0. The zero-order valence-corrected chi connectivity index (χ0v) is 8.17. The highest BCUT2D eigenvalue weighted by atomic mass is 19.1. The van der Waals surface area contributed by atoms with Crippen LogP contribution in [0.3, 0.4) is 0 Å². The van der Waals surface area contributed by atoms with Gasteiger partial charge in [0.05, 0.1) is 0 Å². The van der Waals surface area contributed by atoms with Gasteiger partial charge in [-0.1, -0.05) is 6.07 Å². The van der Waals surface area contributed by atoms with Crippen LogP contribution in [0.5, 0.6) is 0 Å². The summed E-state index contributed by atoms with van der Waals surface area (Å²) < 4.78 is 14.2. The molecule has 2 nitrogen and oxygen atoms in total. The first-order valence-corrected chi connectivity index (χ1v) is 5.08. The Labute approximate surface area is 83.6 Å². The first kappa shape index (κ1) is 9.59. The molecule has 0 amide bonds. The number of halogens is 1. The molecular weight excluding hydrogens is 179 g/mol. The van der Waals surface area contributed by atoms with Crippen molar-refractivity contribution in [1.82, 2.24) is 10.3 Å². The zero-order chi connectivity index (χ0) is 9.86. The van der Waals surface area contributed by atoms with Gasteiger partial charge in [-0.3, -0.25) is 4.98 Å². The lowest BCUT2D eigenvalue weighted by molar-refractivity contribution is 0.121. The van der Waals surface area contributed by atoms with Gasteiger partial charge in [0, 0.05) is 24.9 Å². The summed E-state index contributed by atoms with van der Waals surface area (Å²) in [4.78, 5) is 4.15. The third-order valence-corrected chi connectivity index (χ3v) is 2.64. The highest BCUT2D eigenvalue weighted by Crippen LogP contribution is 2.24. The second-order valence-electron chi connectivity index (χ2n) is 3.93. The lowest BCUT2D eigenvalue weighted by Crippen LogP contribution is -2.43. The van der Waals surface area contributed by atoms with Crippen LogP contribution in [0.25, 0.3) is 0 Å². The maximum Gasteiger partial charge on any atom is 0.129 e. The Hall–Kier alpha value is -0.960. The van der Waals surface area contributed by atoms with Crippen LogP contribution in [0.15, 0.2) is 24.4 Å². The fourth-order valence-electron chi connectivity index (χ4n) is 1.91. The minimum atomic E-state index is -1.09. The molecule has 0 bridgehead atoms. The van der Waals surface area contributed by atoms with Crippen molar-refractivity contribution in [3.8, 4) is 0 Å². The second-order valence-corrected chi connectivity index (χ2v) is 3.93. The molecule has 76 valence electrons. The van der Waals surface area contributed by atoms with Gasteiger partial charge in [-0.25, -0.2) is 4.39 Å². The van der Waals surface area contributed by atoms with Crippen LogP contribution < -0.4 is 5.32 Å². The normalized spacial score (nSPS) is 27.5. The van der Waals surface area contributed by atoms with Crippen molar-refractivity contribution in [3.05, 3.63) is 30.1 Å². The Morgan fingerprint density at radius 2 is 2.43 bits per heavy atom. The van der Waals surface area contributed by atoms with E-state index in [0.29, 0.717) is 19.4 Å². The molecule has 1 fully saturated rings. The van der Waals surface area contributed by atoms with Crippen LogP contribution in [0.2, 0.25) is 0 Å². The lowest BCUT2D eigenvalue weighted by atomic mass is 9.91.